The van der Waals surface area contributed by atoms with Crippen molar-refractivity contribution in [1.29, 1.82) is 0 Å². The van der Waals surface area contributed by atoms with Crippen LogP contribution in [0.2, 0.25) is 0 Å². The van der Waals surface area contributed by atoms with Gasteiger partial charge >= 0.3 is 6.09 Å². The lowest BCUT2D eigenvalue weighted by Gasteiger charge is -2.37. The molecule has 4 atom stereocenters. The highest BCUT2D eigenvalue weighted by Crippen LogP contribution is 2.50. The first-order valence-corrected chi connectivity index (χ1v) is 10.4. The summed E-state index contributed by atoms with van der Waals surface area (Å²) >= 11 is 0. The molecule has 2 bridgehead atoms. The van der Waals surface area contributed by atoms with Crippen LogP contribution in [0.4, 0.5) is 4.79 Å². The molecule has 2 N–H and O–H groups in total. The molecule has 1 aliphatic carbocycles. The Bertz CT molecular complexity index is 811. The maximum Gasteiger partial charge on any atom is 0.407 e. The molecule has 0 radical (unpaired) electrons. The number of ether oxygens (including phenoxy) is 1. The number of allylic oxidation sites excluding steroid dienone is 4. The maximum atomic E-state index is 13.5. The van der Waals surface area contributed by atoms with Crippen LogP contribution >= 0.6 is 0 Å². The van der Waals surface area contributed by atoms with E-state index in [1.165, 1.54) is 7.11 Å². The standard InChI is InChI=1S/C22H32N4O3/c1-6-8-14(7-2)17-12-23-20(24-17)19-15-9-10-16(11-15)26(19)21(27)18(13(3)4)25-22(28)29-5/h6-8,12-13,15-16,18-19H,9-11H2,1-5H3,(H,23,24)(H,25,28). The number of rotatable bonds is 6. The minimum absolute atomic E-state index is 0.0437. The first-order chi connectivity index (χ1) is 13.9. The van der Waals surface area contributed by atoms with Crippen LogP contribution in [0.1, 0.15) is 64.5 Å². The zero-order valence-corrected chi connectivity index (χ0v) is 17.9. The maximum absolute atomic E-state index is 13.5. The smallest absolute Gasteiger partial charge is 0.407 e. The van der Waals surface area contributed by atoms with Gasteiger partial charge in [-0.2, -0.15) is 0 Å². The zero-order valence-electron chi connectivity index (χ0n) is 17.9. The van der Waals surface area contributed by atoms with E-state index in [4.69, 9.17) is 4.74 Å². The van der Waals surface area contributed by atoms with Crippen LogP contribution in [0, 0.1) is 11.8 Å². The summed E-state index contributed by atoms with van der Waals surface area (Å²) in [6.45, 7) is 7.84. The Kier molecular flexibility index (Phi) is 6.45. The van der Waals surface area contributed by atoms with Crippen molar-refractivity contribution in [2.45, 2.75) is 65.1 Å². The van der Waals surface area contributed by atoms with E-state index in [1.54, 1.807) is 0 Å². The van der Waals surface area contributed by atoms with Crippen LogP contribution in [0.25, 0.3) is 5.57 Å². The molecular weight excluding hydrogens is 368 g/mol. The van der Waals surface area contributed by atoms with Crippen molar-refractivity contribution in [3.63, 3.8) is 0 Å². The topological polar surface area (TPSA) is 87.3 Å². The van der Waals surface area contributed by atoms with Crippen molar-refractivity contribution in [3.05, 3.63) is 35.9 Å². The SMILES string of the molecule is CC=CC(=CC)c1cnc(C2C3CCC(C3)N2C(=O)C(NC(=O)OC)C(C)C)[nH]1. The lowest BCUT2D eigenvalue weighted by molar-refractivity contribution is -0.139. The Morgan fingerprint density at radius 3 is 2.72 bits per heavy atom. The number of hydrogen-bond donors (Lipinski definition) is 2. The number of H-pyrrole nitrogens is 1. The van der Waals surface area contributed by atoms with Gasteiger partial charge in [0.25, 0.3) is 0 Å². The molecule has 1 aromatic heterocycles. The third-order valence-corrected chi connectivity index (χ3v) is 6.07. The quantitative estimate of drug-likeness (QED) is 0.711. The van der Waals surface area contributed by atoms with Crippen molar-refractivity contribution < 1.29 is 14.3 Å². The van der Waals surface area contributed by atoms with E-state index in [2.05, 4.69) is 15.3 Å². The summed E-state index contributed by atoms with van der Waals surface area (Å²) in [6, 6.07) is -0.504. The molecule has 1 aromatic rings. The number of fused-ring (bicyclic) bond motifs is 2. The minimum Gasteiger partial charge on any atom is -0.453 e. The van der Waals surface area contributed by atoms with Crippen LogP contribution in [0.15, 0.2) is 24.4 Å². The molecule has 7 nitrogen and oxygen atoms in total. The molecule has 2 heterocycles. The number of amides is 2. The number of nitrogens with one attached hydrogen (secondary N) is 2. The van der Waals surface area contributed by atoms with Crippen LogP contribution in [0.5, 0.6) is 0 Å². The third kappa shape index (κ3) is 4.09. The Morgan fingerprint density at radius 2 is 2.10 bits per heavy atom. The molecule has 0 spiro atoms. The molecule has 1 saturated heterocycles. The number of aromatic nitrogens is 2. The first-order valence-electron chi connectivity index (χ1n) is 10.4. The molecule has 7 heteroatoms. The average Bonchev–Trinajstić information content (AvgIpc) is 3.44. The molecule has 2 amide bonds. The summed E-state index contributed by atoms with van der Waals surface area (Å²) in [5.41, 5.74) is 2.02. The molecule has 3 rings (SSSR count). The fourth-order valence-corrected chi connectivity index (χ4v) is 4.67. The van der Waals surface area contributed by atoms with Gasteiger partial charge in [0.1, 0.15) is 11.9 Å². The molecule has 4 unspecified atom stereocenters. The van der Waals surface area contributed by atoms with Gasteiger partial charge in [0.15, 0.2) is 0 Å². The fourth-order valence-electron chi connectivity index (χ4n) is 4.67. The highest BCUT2D eigenvalue weighted by molar-refractivity contribution is 5.87. The molecule has 0 aromatic carbocycles. The second-order valence-corrected chi connectivity index (χ2v) is 8.20. The third-order valence-electron chi connectivity index (χ3n) is 6.07. The predicted octanol–water partition coefficient (Wildman–Crippen LogP) is 3.82. The zero-order chi connectivity index (χ0) is 21.1. The van der Waals surface area contributed by atoms with E-state index in [0.717, 1.165) is 36.4 Å². The van der Waals surface area contributed by atoms with E-state index in [-0.39, 0.29) is 23.9 Å². The predicted molar refractivity (Wildman–Crippen MR) is 112 cm³/mol. The number of methoxy groups -OCH3 is 1. The number of carbonyl (C=O) groups is 2. The lowest BCUT2D eigenvalue weighted by Crippen LogP contribution is -2.54. The molecular formula is C22H32N4O3. The Hall–Kier alpha value is -2.57. The highest BCUT2D eigenvalue weighted by Gasteiger charge is 2.51. The van der Waals surface area contributed by atoms with Gasteiger partial charge in [-0.05, 0) is 50.5 Å². The fraction of sp³-hybridized carbons (Fsp3) is 0.591. The van der Waals surface area contributed by atoms with E-state index in [0.29, 0.717) is 5.92 Å². The first kappa shape index (κ1) is 21.1. The van der Waals surface area contributed by atoms with Gasteiger partial charge in [-0.1, -0.05) is 32.1 Å². The number of piperidine rings is 1. The summed E-state index contributed by atoms with van der Waals surface area (Å²) in [5, 5.41) is 2.72. The Morgan fingerprint density at radius 1 is 1.34 bits per heavy atom. The summed E-state index contributed by atoms with van der Waals surface area (Å²) in [6.07, 6.45) is 10.4. The monoisotopic (exact) mass is 400 g/mol. The van der Waals surface area contributed by atoms with Crippen molar-refractivity contribution in [2.24, 2.45) is 11.8 Å². The van der Waals surface area contributed by atoms with E-state index in [9.17, 15) is 9.59 Å². The van der Waals surface area contributed by atoms with Crippen LogP contribution in [0.3, 0.4) is 0 Å². The summed E-state index contributed by atoms with van der Waals surface area (Å²) in [7, 11) is 1.31. The average molecular weight is 401 g/mol. The van der Waals surface area contributed by atoms with Crippen LogP contribution in [-0.2, 0) is 9.53 Å². The molecule has 1 saturated carbocycles. The number of nitrogens with zero attached hydrogens (tertiary/aromatic N) is 2. The van der Waals surface area contributed by atoms with Crippen molar-refractivity contribution >= 4 is 17.6 Å². The molecule has 158 valence electrons. The van der Waals surface area contributed by atoms with Gasteiger partial charge in [-0.3, -0.25) is 4.79 Å². The van der Waals surface area contributed by atoms with Gasteiger partial charge in [0.2, 0.25) is 5.91 Å². The van der Waals surface area contributed by atoms with Gasteiger partial charge in [-0.25, -0.2) is 9.78 Å². The van der Waals surface area contributed by atoms with Crippen molar-refractivity contribution in [3.8, 4) is 0 Å². The largest absolute Gasteiger partial charge is 0.453 e. The van der Waals surface area contributed by atoms with E-state index in [1.807, 2.05) is 57.0 Å². The number of imidazole rings is 1. The van der Waals surface area contributed by atoms with E-state index < -0.39 is 12.1 Å². The molecule has 2 fully saturated rings. The second-order valence-electron chi connectivity index (χ2n) is 8.20. The van der Waals surface area contributed by atoms with E-state index >= 15 is 0 Å². The number of carbonyl (C=O) groups excluding carboxylic acids is 2. The van der Waals surface area contributed by atoms with Crippen LogP contribution in [-0.4, -0.2) is 46.1 Å². The summed E-state index contributed by atoms with van der Waals surface area (Å²) in [4.78, 5) is 35.3. The molecule has 1 aliphatic heterocycles. The Balaban J connectivity index is 1.89. The molecule has 2 aliphatic rings. The van der Waals surface area contributed by atoms with Crippen molar-refractivity contribution in [1.82, 2.24) is 20.2 Å². The van der Waals surface area contributed by atoms with Gasteiger partial charge < -0.3 is 19.9 Å². The van der Waals surface area contributed by atoms with Gasteiger partial charge in [0, 0.05) is 6.04 Å². The van der Waals surface area contributed by atoms with Gasteiger partial charge in [-0.15, -0.1) is 0 Å². The number of hydrogen-bond acceptors (Lipinski definition) is 4. The highest BCUT2D eigenvalue weighted by atomic mass is 16.5. The summed E-state index contributed by atoms with van der Waals surface area (Å²) in [5.74, 6) is 1.12. The Labute approximate surface area is 172 Å². The minimum atomic E-state index is -0.618. The van der Waals surface area contributed by atoms with Crippen molar-refractivity contribution in [2.75, 3.05) is 7.11 Å². The van der Waals surface area contributed by atoms with Crippen LogP contribution < -0.4 is 5.32 Å². The summed E-state index contributed by atoms with van der Waals surface area (Å²) < 4.78 is 4.73. The number of likely N-dealkylation sites (tertiary alicyclic amines) is 1. The lowest BCUT2D eigenvalue weighted by atomic mass is 9.95. The second kappa shape index (κ2) is 8.84. The molecule has 29 heavy (non-hydrogen) atoms. The number of aromatic amines is 1. The number of alkyl carbamates (subject to hydrolysis) is 1. The normalized spacial score (nSPS) is 25.1. The van der Waals surface area contributed by atoms with Gasteiger partial charge in [0.05, 0.1) is 25.0 Å².